The maximum atomic E-state index is 13.5. The van der Waals surface area contributed by atoms with E-state index in [9.17, 15) is 35.1 Å². The second kappa shape index (κ2) is 65.2. The van der Waals surface area contributed by atoms with Gasteiger partial charge in [0.15, 0.2) is 12.4 Å². The van der Waals surface area contributed by atoms with E-state index in [-0.39, 0.29) is 19.4 Å². The summed E-state index contributed by atoms with van der Waals surface area (Å²) in [7, 11) is 0. The van der Waals surface area contributed by atoms with Crippen LogP contribution < -0.4 is 5.32 Å². The van der Waals surface area contributed by atoms with Crippen LogP contribution in [0.5, 0.6) is 0 Å². The predicted octanol–water partition coefficient (Wildman–Crippen LogP) is 19.9. The highest BCUT2D eigenvalue weighted by Gasteiger charge is 2.47. The summed E-state index contributed by atoms with van der Waals surface area (Å²) in [6.07, 6.45) is 75.2. The van der Waals surface area contributed by atoms with E-state index in [0.29, 0.717) is 12.8 Å². The molecule has 1 fully saturated rings. The lowest BCUT2D eigenvalue weighted by molar-refractivity contribution is -0.305. The van der Waals surface area contributed by atoms with Gasteiger partial charge in [0.25, 0.3) is 0 Å². The van der Waals surface area contributed by atoms with Crippen molar-refractivity contribution in [3.05, 3.63) is 72.9 Å². The van der Waals surface area contributed by atoms with Crippen LogP contribution in [0.15, 0.2) is 72.9 Å². The van der Waals surface area contributed by atoms with Crippen molar-refractivity contribution in [1.82, 2.24) is 5.32 Å². The molecule has 1 heterocycles. The summed E-state index contributed by atoms with van der Waals surface area (Å²) in [5, 5.41) is 57.4. The number of unbranched alkanes of at least 4 members (excludes halogenated alkanes) is 41. The number of hydrogen-bond acceptors (Lipinski definition) is 10. The zero-order valence-corrected chi connectivity index (χ0v) is 57.8. The van der Waals surface area contributed by atoms with Gasteiger partial charge in [0, 0.05) is 6.42 Å². The molecule has 0 aromatic heterocycles. The molecule has 0 spiro atoms. The summed E-state index contributed by atoms with van der Waals surface area (Å²) in [5.41, 5.74) is 0. The summed E-state index contributed by atoms with van der Waals surface area (Å²) in [6.45, 7) is 5.73. The van der Waals surface area contributed by atoms with E-state index >= 15 is 0 Å². The fraction of sp³-hybridized carbons (Fsp3) is 0.821. The number of amides is 1. The number of hydrogen-bond donors (Lipinski definition) is 6. The van der Waals surface area contributed by atoms with Crippen LogP contribution in [-0.2, 0) is 23.8 Å². The average Bonchev–Trinajstić information content (AvgIpc) is 3.11. The third-order valence-electron chi connectivity index (χ3n) is 17.6. The number of rotatable bonds is 65. The molecule has 518 valence electrons. The van der Waals surface area contributed by atoms with Crippen LogP contribution in [0.25, 0.3) is 0 Å². The Kier molecular flexibility index (Phi) is 61.6. The molecule has 1 saturated heterocycles. The molecule has 0 radical (unpaired) electrons. The normalized spacial score (nSPS) is 18.5. The number of ether oxygens (including phenoxy) is 3. The Hall–Kier alpha value is -2.90. The molecule has 1 rings (SSSR count). The van der Waals surface area contributed by atoms with Crippen molar-refractivity contribution in [3.8, 4) is 0 Å². The van der Waals surface area contributed by atoms with Crippen molar-refractivity contribution in [3.63, 3.8) is 0 Å². The summed E-state index contributed by atoms with van der Waals surface area (Å²) in [6, 6.07) is -1.03. The Morgan fingerprint density at radius 1 is 0.449 bits per heavy atom. The monoisotopic (exact) mass is 1250 g/mol. The minimum absolute atomic E-state index is 0.125. The van der Waals surface area contributed by atoms with Crippen molar-refractivity contribution in [2.75, 3.05) is 13.2 Å². The zero-order chi connectivity index (χ0) is 64.6. The van der Waals surface area contributed by atoms with E-state index in [0.717, 1.165) is 109 Å². The number of aliphatic hydroxyl groups is 5. The van der Waals surface area contributed by atoms with E-state index in [2.05, 4.69) is 86.8 Å². The van der Waals surface area contributed by atoms with Crippen LogP contribution >= 0.6 is 0 Å². The molecule has 11 nitrogen and oxygen atoms in total. The number of carbonyl (C=O) groups excluding carboxylic acids is 2. The van der Waals surface area contributed by atoms with Gasteiger partial charge in [-0.15, -0.1) is 0 Å². The average molecular weight is 1250 g/mol. The minimum atomic E-state index is -1.62. The van der Waals surface area contributed by atoms with Gasteiger partial charge in [-0.2, -0.15) is 0 Å². The minimum Gasteiger partial charge on any atom is -0.454 e. The number of esters is 1. The number of allylic oxidation sites excluding steroid dienone is 11. The van der Waals surface area contributed by atoms with E-state index in [1.165, 1.54) is 193 Å². The van der Waals surface area contributed by atoms with E-state index in [1.54, 1.807) is 6.08 Å². The Labute approximate surface area is 547 Å². The first-order valence-electron chi connectivity index (χ1n) is 37.7. The maximum absolute atomic E-state index is 13.5. The SMILES string of the molecule is CC/C=C\C/C=C\C/C=C\C/C=C\C/C=C\CCCCCCCCC(O)C(=O)NC(COC1OC(CO)C(O)C(O)C1OC(=O)CCCCCCCCCCCCCCCCCCCCCCCCCCC)C(O)/C=C/CCCCCCCCCCCCC. The summed E-state index contributed by atoms with van der Waals surface area (Å²) in [4.78, 5) is 26.7. The molecule has 0 aromatic rings. The first-order chi connectivity index (χ1) is 43.7. The first kappa shape index (κ1) is 84.1. The van der Waals surface area contributed by atoms with Crippen LogP contribution in [0, 0.1) is 0 Å². The summed E-state index contributed by atoms with van der Waals surface area (Å²) < 4.78 is 17.7. The number of aliphatic hydroxyl groups excluding tert-OH is 5. The molecular formula is C78H141NO10. The largest absolute Gasteiger partial charge is 0.454 e. The second-order valence-electron chi connectivity index (χ2n) is 26.0. The quantitative estimate of drug-likeness (QED) is 0.0195. The highest BCUT2D eigenvalue weighted by Crippen LogP contribution is 2.26. The first-order valence-corrected chi connectivity index (χ1v) is 37.7. The highest BCUT2D eigenvalue weighted by molar-refractivity contribution is 5.80. The van der Waals surface area contributed by atoms with Crippen LogP contribution in [0.4, 0.5) is 0 Å². The fourth-order valence-electron chi connectivity index (χ4n) is 11.7. The molecule has 1 aliphatic rings. The van der Waals surface area contributed by atoms with Crippen LogP contribution in [0.2, 0.25) is 0 Å². The van der Waals surface area contributed by atoms with Crippen LogP contribution in [0.1, 0.15) is 348 Å². The van der Waals surface area contributed by atoms with Gasteiger partial charge in [0.2, 0.25) is 5.91 Å². The van der Waals surface area contributed by atoms with E-state index in [1.807, 2.05) is 6.08 Å². The third-order valence-corrected chi connectivity index (χ3v) is 17.6. The molecule has 0 aromatic carbocycles. The zero-order valence-electron chi connectivity index (χ0n) is 57.8. The second-order valence-corrected chi connectivity index (χ2v) is 26.0. The van der Waals surface area contributed by atoms with Crippen molar-refractivity contribution >= 4 is 11.9 Å². The Morgan fingerprint density at radius 3 is 1.21 bits per heavy atom. The van der Waals surface area contributed by atoms with Gasteiger partial charge >= 0.3 is 5.97 Å². The van der Waals surface area contributed by atoms with Gasteiger partial charge in [-0.05, 0) is 70.6 Å². The highest BCUT2D eigenvalue weighted by atomic mass is 16.7. The van der Waals surface area contributed by atoms with Crippen molar-refractivity contribution in [2.45, 2.75) is 397 Å². The molecule has 89 heavy (non-hydrogen) atoms. The maximum Gasteiger partial charge on any atom is 0.306 e. The lowest BCUT2D eigenvalue weighted by atomic mass is 9.99. The van der Waals surface area contributed by atoms with E-state index < -0.39 is 67.4 Å². The van der Waals surface area contributed by atoms with Gasteiger partial charge in [0.05, 0.1) is 25.4 Å². The van der Waals surface area contributed by atoms with Crippen molar-refractivity contribution in [1.29, 1.82) is 0 Å². The van der Waals surface area contributed by atoms with Gasteiger partial charge in [-0.1, -0.05) is 344 Å². The topological polar surface area (TPSA) is 175 Å². The van der Waals surface area contributed by atoms with Gasteiger partial charge < -0.3 is 45.1 Å². The third kappa shape index (κ3) is 52.2. The molecule has 1 amide bonds. The molecule has 6 N–H and O–H groups in total. The number of carbonyl (C=O) groups is 2. The molecule has 0 bridgehead atoms. The molecular weight excluding hydrogens is 1110 g/mol. The van der Waals surface area contributed by atoms with Crippen LogP contribution in [0.3, 0.4) is 0 Å². The Morgan fingerprint density at radius 2 is 0.809 bits per heavy atom. The molecule has 0 aliphatic carbocycles. The smallest absolute Gasteiger partial charge is 0.306 e. The van der Waals surface area contributed by atoms with Crippen LogP contribution in [-0.4, -0.2) is 99.6 Å². The molecule has 8 unspecified atom stereocenters. The predicted molar refractivity (Wildman–Crippen MR) is 375 cm³/mol. The van der Waals surface area contributed by atoms with Gasteiger partial charge in [-0.3, -0.25) is 9.59 Å². The fourth-order valence-corrected chi connectivity index (χ4v) is 11.7. The summed E-state index contributed by atoms with van der Waals surface area (Å²) in [5.74, 6) is -1.19. The molecule has 11 heteroatoms. The van der Waals surface area contributed by atoms with E-state index in [4.69, 9.17) is 14.2 Å². The summed E-state index contributed by atoms with van der Waals surface area (Å²) >= 11 is 0. The molecule has 0 saturated carbocycles. The lowest BCUT2D eigenvalue weighted by Crippen LogP contribution is -2.61. The number of nitrogens with one attached hydrogen (secondary N) is 1. The standard InChI is InChI=1S/C78H141NO10/c1-4-7-10-13-16-19-22-25-27-29-31-33-35-36-37-39-41-43-45-48-51-54-57-60-63-66-73(83)89-76-75(85)74(84)72(67-80)88-78(76)87-68-69(70(81)64-61-58-55-52-49-46-24-21-18-15-12-9-6-3)79-77(86)71(82)65-62-59-56-53-50-47-44-42-40-38-34-32-30-28-26-23-20-17-14-11-8-5-2/h8,11,17,20,26,28,32,34,40,42,61,64,69-72,74-76,78,80-82,84-85H,4-7,9-10,12-16,18-19,21-25,27,29-31,33,35-39,41,43-60,62-63,65-68H2,1-3H3,(H,79,86)/b11-8-,20-17-,28-26-,34-32-,42-40-,64-61+. The van der Waals surface area contributed by atoms with Crippen molar-refractivity contribution in [2.24, 2.45) is 0 Å². The van der Waals surface area contributed by atoms with Gasteiger partial charge in [-0.25, -0.2) is 0 Å². The Bertz CT molecular complexity index is 1730. The molecule has 1 aliphatic heterocycles. The van der Waals surface area contributed by atoms with Crippen molar-refractivity contribution < 1.29 is 49.3 Å². The van der Waals surface area contributed by atoms with Gasteiger partial charge in [0.1, 0.15) is 24.4 Å². The molecule has 8 atom stereocenters. The Balaban J connectivity index is 2.56. The lowest BCUT2D eigenvalue weighted by Gasteiger charge is -2.41.